The highest BCUT2D eigenvalue weighted by Gasteiger charge is 2.39. The van der Waals surface area contributed by atoms with Crippen LogP contribution in [0.5, 0.6) is 5.75 Å². The summed E-state index contributed by atoms with van der Waals surface area (Å²) in [7, 11) is -3.78. The van der Waals surface area contributed by atoms with Crippen LogP contribution < -0.4 is 10.1 Å². The Kier molecular flexibility index (Phi) is 11.3. The Morgan fingerprint density at radius 1 is 0.940 bits per heavy atom. The van der Waals surface area contributed by atoms with Crippen LogP contribution in [0.25, 0.3) is 22.1 Å². The number of benzene rings is 3. The van der Waals surface area contributed by atoms with Gasteiger partial charge in [0.25, 0.3) is 0 Å². The Labute approximate surface area is 283 Å². The number of halogens is 1. The number of ether oxygens (including phenoxy) is 2. The van der Waals surface area contributed by atoms with Crippen molar-refractivity contribution in [3.05, 3.63) is 99.7 Å². The molecular weight excluding hydrogens is 684 g/mol. The van der Waals surface area contributed by atoms with E-state index in [4.69, 9.17) is 18.4 Å². The largest absolute Gasteiger partial charge is 0.585 e. The number of aliphatic carboxylic acids is 1. The van der Waals surface area contributed by atoms with Crippen LogP contribution in [0, 0.1) is 5.82 Å². The summed E-state index contributed by atoms with van der Waals surface area (Å²) in [5, 5.41) is 10.1. The lowest BCUT2D eigenvalue weighted by Gasteiger charge is -2.26. The minimum absolute atomic E-state index is 0.0926. The van der Waals surface area contributed by atoms with Gasteiger partial charge in [0.2, 0.25) is 5.82 Å². The number of carboxylic acid groups (broad SMARTS) is 1. The Morgan fingerprint density at radius 3 is 2.10 bits per heavy atom. The van der Waals surface area contributed by atoms with E-state index in [1.165, 1.54) is 13.8 Å². The van der Waals surface area contributed by atoms with Crippen molar-refractivity contribution in [3.63, 3.8) is 0 Å². The van der Waals surface area contributed by atoms with Gasteiger partial charge in [0.05, 0.1) is 20.3 Å². The van der Waals surface area contributed by atoms with E-state index in [0.29, 0.717) is 0 Å². The average Bonchev–Trinajstić information content (AvgIpc) is 3.43. The highest BCUT2D eigenvalue weighted by atomic mass is 31.2. The van der Waals surface area contributed by atoms with Crippen LogP contribution in [0.2, 0.25) is 0 Å². The molecule has 1 unspecified atom stereocenters. The summed E-state index contributed by atoms with van der Waals surface area (Å²) in [4.78, 5) is 61.1. The smallest absolute Gasteiger partial charge is 0.480 e. The van der Waals surface area contributed by atoms with Gasteiger partial charge in [-0.1, -0.05) is 48.5 Å². The van der Waals surface area contributed by atoms with Crippen molar-refractivity contribution in [2.75, 3.05) is 26.9 Å². The maximum atomic E-state index is 15.7. The lowest BCUT2D eigenvalue weighted by Crippen LogP contribution is -2.50. The van der Waals surface area contributed by atoms with Gasteiger partial charge in [0.15, 0.2) is 11.3 Å². The SMILES string of the molecule is CCOOP(=O)(OOCC)Oc1ccc2c(CC(C(=O)O)N(C(=O)OC)C(=O)OCC3c4ccccc4-c4ccccc43)cc(=O)oc2c1F. The van der Waals surface area contributed by atoms with Crippen LogP contribution in [0.3, 0.4) is 0 Å². The third-order valence-electron chi connectivity index (χ3n) is 7.55. The standard InChI is InChI=1S/C33H31FNO14P/c1-4-44-48-50(41,49-45-5-2)47-27-15-14-20-19(17-28(36)46-30(20)29(27)34)16-26(31(37)38)35(32(39)42-3)33(40)43-18-25-23-12-8-6-10-21(23)22-11-7-9-13-24(22)25/h6-15,17,25-26H,4-5,16,18H2,1-3H3,(H,37,38). The monoisotopic (exact) mass is 715 g/mol. The first-order valence-electron chi connectivity index (χ1n) is 15.1. The predicted molar refractivity (Wildman–Crippen MR) is 171 cm³/mol. The van der Waals surface area contributed by atoms with Crippen LogP contribution in [-0.2, 0) is 44.4 Å². The fraction of sp³-hybridized carbons (Fsp3) is 0.273. The van der Waals surface area contributed by atoms with Gasteiger partial charge in [-0.15, -0.1) is 9.35 Å². The molecule has 0 fully saturated rings. The van der Waals surface area contributed by atoms with E-state index in [1.54, 1.807) is 0 Å². The molecule has 2 amide bonds. The van der Waals surface area contributed by atoms with Gasteiger partial charge in [-0.05, 0) is 53.8 Å². The van der Waals surface area contributed by atoms with E-state index < -0.39 is 67.1 Å². The average molecular weight is 716 g/mol. The van der Waals surface area contributed by atoms with E-state index in [1.807, 2.05) is 48.5 Å². The number of hydrogen-bond acceptors (Lipinski definition) is 13. The topological polar surface area (TPSA) is 187 Å². The first kappa shape index (κ1) is 36.2. The molecule has 0 spiro atoms. The van der Waals surface area contributed by atoms with Crippen LogP contribution in [-0.4, -0.2) is 61.1 Å². The Balaban J connectivity index is 1.44. The normalized spacial score (nSPS) is 13.0. The number of rotatable bonds is 14. The molecule has 17 heteroatoms. The number of hydrogen-bond donors (Lipinski definition) is 1. The number of phosphoric acid groups is 1. The molecule has 15 nitrogen and oxygen atoms in total. The van der Waals surface area contributed by atoms with Gasteiger partial charge in [0.1, 0.15) is 12.6 Å². The molecule has 0 aliphatic heterocycles. The second-order valence-electron chi connectivity index (χ2n) is 10.5. The molecule has 0 saturated carbocycles. The van der Waals surface area contributed by atoms with Gasteiger partial charge in [-0.3, -0.25) is 0 Å². The number of nitrogens with zero attached hydrogens (tertiary/aromatic N) is 1. The Bertz CT molecular complexity index is 1960. The predicted octanol–water partition coefficient (Wildman–Crippen LogP) is 6.37. The van der Waals surface area contributed by atoms with E-state index in [-0.39, 0.29) is 35.7 Å². The molecule has 1 aliphatic rings. The van der Waals surface area contributed by atoms with Crippen molar-refractivity contribution in [2.45, 2.75) is 32.2 Å². The minimum atomic E-state index is -4.72. The summed E-state index contributed by atoms with van der Waals surface area (Å²) in [6.07, 6.45) is -3.40. The number of carbonyl (C=O) groups is 3. The third-order valence-corrected chi connectivity index (χ3v) is 8.55. The minimum Gasteiger partial charge on any atom is -0.480 e. The molecule has 3 aromatic carbocycles. The van der Waals surface area contributed by atoms with Gasteiger partial charge >= 0.3 is 31.6 Å². The Morgan fingerprint density at radius 2 is 1.54 bits per heavy atom. The highest BCUT2D eigenvalue weighted by Crippen LogP contribution is 2.51. The fourth-order valence-corrected chi connectivity index (χ4v) is 6.40. The molecule has 0 radical (unpaired) electrons. The van der Waals surface area contributed by atoms with E-state index in [0.717, 1.165) is 47.6 Å². The van der Waals surface area contributed by atoms with Crippen LogP contribution in [0.4, 0.5) is 14.0 Å². The zero-order valence-corrected chi connectivity index (χ0v) is 27.8. The molecule has 1 heterocycles. The van der Waals surface area contributed by atoms with E-state index >= 15 is 4.39 Å². The zero-order chi connectivity index (χ0) is 36.0. The third kappa shape index (κ3) is 7.54. The summed E-state index contributed by atoms with van der Waals surface area (Å²) in [6, 6.07) is 16.0. The molecular formula is C33H31FNO14P. The van der Waals surface area contributed by atoms with Crippen molar-refractivity contribution in [3.8, 4) is 16.9 Å². The lowest BCUT2D eigenvalue weighted by atomic mass is 9.98. The number of carbonyl (C=O) groups excluding carboxylic acids is 2. The second kappa shape index (κ2) is 15.6. The fourth-order valence-electron chi connectivity index (χ4n) is 5.47. The summed E-state index contributed by atoms with van der Waals surface area (Å²) >= 11 is 0. The quantitative estimate of drug-likeness (QED) is 0.0657. The number of carboxylic acids is 1. The van der Waals surface area contributed by atoms with Crippen LogP contribution in [0.15, 0.2) is 75.9 Å². The lowest BCUT2D eigenvalue weighted by molar-refractivity contribution is -0.273. The van der Waals surface area contributed by atoms with Crippen molar-refractivity contribution < 1.29 is 66.0 Å². The van der Waals surface area contributed by atoms with Crippen molar-refractivity contribution in [1.82, 2.24) is 4.90 Å². The number of amides is 2. The molecule has 0 saturated heterocycles. The first-order chi connectivity index (χ1) is 24.0. The van der Waals surface area contributed by atoms with E-state index in [2.05, 4.69) is 19.1 Å². The maximum absolute atomic E-state index is 15.7. The summed E-state index contributed by atoms with van der Waals surface area (Å²) < 4.78 is 58.2. The molecule has 50 heavy (non-hydrogen) atoms. The number of imide groups is 1. The van der Waals surface area contributed by atoms with Crippen LogP contribution >= 0.6 is 7.82 Å². The molecule has 4 aromatic rings. The van der Waals surface area contributed by atoms with Crippen molar-refractivity contribution >= 4 is 36.9 Å². The van der Waals surface area contributed by atoms with Gasteiger partial charge in [-0.25, -0.2) is 33.5 Å². The number of methoxy groups -OCH3 is 1. The number of fused-ring (bicyclic) bond motifs is 4. The van der Waals surface area contributed by atoms with Gasteiger partial charge in [-0.2, -0.15) is 9.29 Å². The van der Waals surface area contributed by atoms with Gasteiger partial charge < -0.3 is 23.5 Å². The summed E-state index contributed by atoms with van der Waals surface area (Å²) in [6.45, 7) is 2.56. The second-order valence-corrected chi connectivity index (χ2v) is 11.9. The Hall–Kier alpha value is -5.12. The molecule has 1 aliphatic carbocycles. The summed E-state index contributed by atoms with van der Waals surface area (Å²) in [5.41, 5.74) is 1.63. The first-order valence-corrected chi connectivity index (χ1v) is 16.6. The summed E-state index contributed by atoms with van der Waals surface area (Å²) in [5.74, 6) is -4.21. The van der Waals surface area contributed by atoms with Crippen LogP contribution in [0.1, 0.15) is 36.5 Å². The molecule has 5 rings (SSSR count). The molecule has 1 N–H and O–H groups in total. The molecule has 264 valence electrons. The maximum Gasteiger partial charge on any atom is 0.585 e. The van der Waals surface area contributed by atoms with Crippen molar-refractivity contribution in [1.29, 1.82) is 0 Å². The van der Waals surface area contributed by atoms with Crippen molar-refractivity contribution in [2.24, 2.45) is 0 Å². The van der Waals surface area contributed by atoms with Gasteiger partial charge in [0, 0.05) is 23.8 Å². The molecule has 1 atom stereocenters. The molecule has 1 aromatic heterocycles. The molecule has 0 bridgehead atoms. The highest BCUT2D eigenvalue weighted by molar-refractivity contribution is 7.48. The van der Waals surface area contributed by atoms with E-state index in [9.17, 15) is 28.8 Å². The zero-order valence-electron chi connectivity index (χ0n) is 26.9.